The number of halogens is 3. The molecule has 0 bridgehead atoms. The highest BCUT2D eigenvalue weighted by atomic mass is 19.4. The van der Waals surface area contributed by atoms with Gasteiger partial charge in [-0.15, -0.1) is 0 Å². The first-order valence-corrected chi connectivity index (χ1v) is 5.73. The topological polar surface area (TPSA) is 32.5 Å². The van der Waals surface area contributed by atoms with Crippen LogP contribution in [0.2, 0.25) is 0 Å². The maximum absolute atomic E-state index is 12.1. The molecule has 0 saturated carbocycles. The summed E-state index contributed by atoms with van der Waals surface area (Å²) in [6.07, 6.45) is -3.81. The summed E-state index contributed by atoms with van der Waals surface area (Å²) in [6.45, 7) is 4.83. The highest BCUT2D eigenvalue weighted by molar-refractivity contribution is 4.70. The van der Waals surface area contributed by atoms with Gasteiger partial charge in [0.25, 0.3) is 0 Å². The number of nitrogens with two attached hydrogens (primary N) is 1. The summed E-state index contributed by atoms with van der Waals surface area (Å²) in [7, 11) is 0. The Kier molecular flexibility index (Phi) is 5.51. The third-order valence-corrected chi connectivity index (χ3v) is 2.84. The lowest BCUT2D eigenvalue weighted by Crippen LogP contribution is -2.35. The Morgan fingerprint density at radius 3 is 2.00 bits per heavy atom. The van der Waals surface area contributed by atoms with E-state index in [0.717, 1.165) is 39.1 Å². The molecule has 0 radical (unpaired) electrons. The van der Waals surface area contributed by atoms with Gasteiger partial charge in [-0.1, -0.05) is 0 Å². The Morgan fingerprint density at radius 2 is 1.50 bits per heavy atom. The summed E-state index contributed by atoms with van der Waals surface area (Å²) in [5, 5.41) is 0. The summed E-state index contributed by atoms with van der Waals surface area (Å²) < 4.78 is 36.2. The summed E-state index contributed by atoms with van der Waals surface area (Å²) in [5.74, 6) is 0. The molecule has 0 atom stereocenters. The number of alkyl halides is 3. The average molecular weight is 239 g/mol. The number of hydrogen-bond acceptors (Lipinski definition) is 3. The van der Waals surface area contributed by atoms with Gasteiger partial charge in [0.1, 0.15) is 0 Å². The fourth-order valence-electron chi connectivity index (χ4n) is 1.94. The fourth-order valence-corrected chi connectivity index (χ4v) is 1.94. The molecule has 0 aromatic carbocycles. The van der Waals surface area contributed by atoms with Crippen molar-refractivity contribution in [1.82, 2.24) is 9.80 Å². The molecule has 3 nitrogen and oxygen atoms in total. The van der Waals surface area contributed by atoms with E-state index in [0.29, 0.717) is 6.54 Å². The van der Waals surface area contributed by atoms with E-state index < -0.39 is 12.6 Å². The van der Waals surface area contributed by atoms with Crippen LogP contribution in [0, 0.1) is 0 Å². The second-order valence-electron chi connectivity index (χ2n) is 4.19. The largest absolute Gasteiger partial charge is 0.390 e. The molecule has 0 spiro atoms. The molecular formula is C10H20F3N3. The predicted molar refractivity (Wildman–Crippen MR) is 57.2 cm³/mol. The molecule has 16 heavy (non-hydrogen) atoms. The molecule has 2 N–H and O–H groups in total. The van der Waals surface area contributed by atoms with Crippen LogP contribution in [0.3, 0.4) is 0 Å². The Balaban J connectivity index is 2.25. The van der Waals surface area contributed by atoms with Crippen LogP contribution in [0.1, 0.15) is 12.8 Å². The molecule has 1 heterocycles. The summed E-state index contributed by atoms with van der Waals surface area (Å²) in [6, 6.07) is 0. The van der Waals surface area contributed by atoms with Gasteiger partial charge in [-0.2, -0.15) is 13.2 Å². The van der Waals surface area contributed by atoms with Gasteiger partial charge in [-0.25, -0.2) is 0 Å². The van der Waals surface area contributed by atoms with Crippen molar-refractivity contribution >= 4 is 0 Å². The first-order valence-electron chi connectivity index (χ1n) is 5.73. The van der Waals surface area contributed by atoms with Gasteiger partial charge in [-0.3, -0.25) is 0 Å². The molecule has 1 rings (SSSR count). The van der Waals surface area contributed by atoms with Crippen LogP contribution in [-0.2, 0) is 0 Å². The monoisotopic (exact) mass is 239 g/mol. The van der Waals surface area contributed by atoms with E-state index >= 15 is 0 Å². The minimum absolute atomic E-state index is 0.125. The van der Waals surface area contributed by atoms with Crippen molar-refractivity contribution in [3.63, 3.8) is 0 Å². The van der Waals surface area contributed by atoms with Crippen molar-refractivity contribution in [3.8, 4) is 0 Å². The Bertz CT molecular complexity index is 196. The smallest absolute Gasteiger partial charge is 0.329 e. The van der Waals surface area contributed by atoms with Gasteiger partial charge in [0.15, 0.2) is 0 Å². The lowest BCUT2D eigenvalue weighted by Gasteiger charge is -2.21. The molecule has 0 aliphatic carbocycles. The minimum atomic E-state index is -4.04. The zero-order valence-electron chi connectivity index (χ0n) is 9.47. The van der Waals surface area contributed by atoms with E-state index in [1.165, 1.54) is 0 Å². The van der Waals surface area contributed by atoms with E-state index in [9.17, 15) is 13.2 Å². The van der Waals surface area contributed by atoms with E-state index in [1.807, 2.05) is 4.90 Å². The van der Waals surface area contributed by atoms with Crippen LogP contribution in [0.4, 0.5) is 13.2 Å². The first kappa shape index (κ1) is 13.7. The van der Waals surface area contributed by atoms with Crippen LogP contribution >= 0.6 is 0 Å². The Morgan fingerprint density at radius 1 is 0.938 bits per heavy atom. The van der Waals surface area contributed by atoms with Crippen LogP contribution in [-0.4, -0.2) is 61.8 Å². The minimum Gasteiger partial charge on any atom is -0.329 e. The normalized spacial score (nSPS) is 21.0. The molecule has 6 heteroatoms. The second kappa shape index (κ2) is 6.42. The fraction of sp³-hybridized carbons (Fsp3) is 1.00. The van der Waals surface area contributed by atoms with Gasteiger partial charge in [-0.05, 0) is 19.5 Å². The molecule has 1 aliphatic heterocycles. The van der Waals surface area contributed by atoms with Gasteiger partial charge in [0.2, 0.25) is 0 Å². The third-order valence-electron chi connectivity index (χ3n) is 2.84. The molecule has 96 valence electrons. The molecule has 0 unspecified atom stereocenters. The van der Waals surface area contributed by atoms with Gasteiger partial charge in [0.05, 0.1) is 6.42 Å². The van der Waals surface area contributed by atoms with Crippen LogP contribution in [0.25, 0.3) is 0 Å². The predicted octanol–water partition coefficient (Wildman–Crippen LogP) is 0.905. The molecule has 1 fully saturated rings. The second-order valence-corrected chi connectivity index (χ2v) is 4.19. The SMILES string of the molecule is NCCN1CCCN(CCC(F)(F)F)CC1. The highest BCUT2D eigenvalue weighted by Gasteiger charge is 2.28. The number of nitrogens with zero attached hydrogens (tertiary/aromatic N) is 2. The average Bonchev–Trinajstić information content (AvgIpc) is 2.40. The number of hydrogen-bond donors (Lipinski definition) is 1. The van der Waals surface area contributed by atoms with Crippen molar-refractivity contribution in [1.29, 1.82) is 0 Å². The van der Waals surface area contributed by atoms with Crippen LogP contribution < -0.4 is 5.73 Å². The first-order chi connectivity index (χ1) is 7.51. The van der Waals surface area contributed by atoms with E-state index in [4.69, 9.17) is 5.73 Å². The van der Waals surface area contributed by atoms with Crippen molar-refractivity contribution in [3.05, 3.63) is 0 Å². The molecular weight excluding hydrogens is 219 g/mol. The van der Waals surface area contributed by atoms with Crippen molar-refractivity contribution in [2.75, 3.05) is 45.8 Å². The summed E-state index contributed by atoms with van der Waals surface area (Å²) in [4.78, 5) is 4.11. The molecule has 0 aromatic rings. The molecule has 0 amide bonds. The van der Waals surface area contributed by atoms with Crippen molar-refractivity contribution < 1.29 is 13.2 Å². The molecule has 1 saturated heterocycles. The molecule has 1 aliphatic rings. The standard InChI is InChI=1S/C10H20F3N3/c11-10(12,13)2-6-15-4-1-5-16(7-3-14)9-8-15/h1-9,14H2. The van der Waals surface area contributed by atoms with Crippen molar-refractivity contribution in [2.24, 2.45) is 5.73 Å². The highest BCUT2D eigenvalue weighted by Crippen LogP contribution is 2.20. The van der Waals surface area contributed by atoms with Crippen molar-refractivity contribution in [2.45, 2.75) is 19.0 Å². The van der Waals surface area contributed by atoms with Crippen LogP contribution in [0.5, 0.6) is 0 Å². The quantitative estimate of drug-likeness (QED) is 0.791. The third kappa shape index (κ3) is 5.67. The van der Waals surface area contributed by atoms with E-state index in [1.54, 1.807) is 0 Å². The zero-order chi connectivity index (χ0) is 12.0. The Hall–Kier alpha value is -0.330. The summed E-state index contributed by atoms with van der Waals surface area (Å²) in [5.41, 5.74) is 5.46. The van der Waals surface area contributed by atoms with E-state index in [2.05, 4.69) is 4.90 Å². The molecule has 0 aromatic heterocycles. The van der Waals surface area contributed by atoms with E-state index in [-0.39, 0.29) is 6.54 Å². The lowest BCUT2D eigenvalue weighted by atomic mass is 10.3. The van der Waals surface area contributed by atoms with Gasteiger partial charge in [0, 0.05) is 32.7 Å². The Labute approximate surface area is 94.4 Å². The lowest BCUT2D eigenvalue weighted by molar-refractivity contribution is -0.137. The summed E-state index contributed by atoms with van der Waals surface area (Å²) >= 11 is 0. The zero-order valence-corrected chi connectivity index (χ0v) is 9.47. The number of rotatable bonds is 4. The van der Waals surface area contributed by atoms with Gasteiger partial charge < -0.3 is 15.5 Å². The van der Waals surface area contributed by atoms with Crippen LogP contribution in [0.15, 0.2) is 0 Å². The maximum Gasteiger partial charge on any atom is 0.390 e. The maximum atomic E-state index is 12.1. The van der Waals surface area contributed by atoms with Gasteiger partial charge >= 0.3 is 6.18 Å².